The topological polar surface area (TPSA) is 0 Å². The summed E-state index contributed by atoms with van der Waals surface area (Å²) < 4.78 is 4.94. The van der Waals surface area contributed by atoms with Gasteiger partial charge < -0.3 is 0 Å². The fourth-order valence-corrected chi connectivity index (χ4v) is 12.3. The van der Waals surface area contributed by atoms with Gasteiger partial charge in [0.25, 0.3) is 0 Å². The summed E-state index contributed by atoms with van der Waals surface area (Å²) in [6.07, 6.45) is 7.23. The van der Waals surface area contributed by atoms with Gasteiger partial charge in [-0.05, 0) is 0 Å². The van der Waals surface area contributed by atoms with Gasteiger partial charge in [-0.1, -0.05) is 0 Å². The standard InChI is InChI=1S/2C4H9.C2H6P.Sn/c2*1-3-4-2;1-2-3;/h2*1,3-4H2,2H3;1-3H2;. The van der Waals surface area contributed by atoms with E-state index in [1.807, 2.05) is 0 Å². The van der Waals surface area contributed by atoms with Crippen molar-refractivity contribution in [3.63, 3.8) is 0 Å². The third-order valence-electron chi connectivity index (χ3n) is 2.27. The van der Waals surface area contributed by atoms with Crippen molar-refractivity contribution in [3.05, 3.63) is 0 Å². The van der Waals surface area contributed by atoms with E-state index < -0.39 is 19.8 Å². The molecule has 0 saturated heterocycles. The van der Waals surface area contributed by atoms with Crippen LogP contribution < -0.4 is 0 Å². The van der Waals surface area contributed by atoms with Crippen LogP contribution in [0.2, 0.25) is 13.3 Å². The molecule has 1 radical (unpaired) electrons. The van der Waals surface area contributed by atoms with Crippen molar-refractivity contribution in [1.82, 2.24) is 0 Å². The van der Waals surface area contributed by atoms with E-state index in [4.69, 9.17) is 0 Å². The van der Waals surface area contributed by atoms with Crippen molar-refractivity contribution >= 4 is 29.0 Å². The maximum atomic E-state index is 2.90. The Morgan fingerprint density at radius 2 is 1.42 bits per heavy atom. The summed E-state index contributed by atoms with van der Waals surface area (Å²) in [5.41, 5.74) is 0. The van der Waals surface area contributed by atoms with Crippen molar-refractivity contribution < 1.29 is 0 Å². The second kappa shape index (κ2) is 10.3. The molecule has 0 N–H and O–H groups in total. The van der Waals surface area contributed by atoms with E-state index in [1.165, 1.54) is 31.8 Å². The molecule has 0 aliphatic heterocycles. The molecule has 1 atom stereocenters. The third-order valence-corrected chi connectivity index (χ3v) is 13.1. The second-order valence-corrected chi connectivity index (χ2v) is 12.6. The Hall–Kier alpha value is 1.23. The van der Waals surface area contributed by atoms with E-state index in [0.29, 0.717) is 0 Å². The normalized spacial score (nSPS) is 11.0. The molecule has 0 saturated carbocycles. The molecule has 0 nitrogen and oxygen atoms in total. The maximum absolute atomic E-state index is 2.90. The van der Waals surface area contributed by atoms with Crippen molar-refractivity contribution in [3.8, 4) is 0 Å². The van der Waals surface area contributed by atoms with E-state index in [0.717, 1.165) is 0 Å². The molecule has 0 bridgehead atoms. The first-order chi connectivity index (χ1) is 5.85. The molecule has 0 aromatic rings. The minimum absolute atomic E-state index is 0.833. The molecule has 0 fully saturated rings. The van der Waals surface area contributed by atoms with Gasteiger partial charge in [-0.3, -0.25) is 0 Å². The summed E-state index contributed by atoms with van der Waals surface area (Å²) in [6.45, 7) is 4.64. The summed E-state index contributed by atoms with van der Waals surface area (Å²) in [6, 6.07) is 0. The molecule has 0 aliphatic rings. The van der Waals surface area contributed by atoms with Gasteiger partial charge in [0.1, 0.15) is 0 Å². The molecule has 12 heavy (non-hydrogen) atoms. The number of hydrogen-bond acceptors (Lipinski definition) is 0. The first-order valence-electron chi connectivity index (χ1n) is 5.38. The Labute approximate surface area is 87.8 Å². The summed E-state index contributed by atoms with van der Waals surface area (Å²) in [7, 11) is 2.90. The van der Waals surface area contributed by atoms with E-state index in [1.54, 1.807) is 13.3 Å². The number of unbranched alkanes of at least 4 members (excludes halogenated alkanes) is 2. The Balaban J connectivity index is 3.40. The Kier molecular flexibility index (Phi) is 11.4. The molecule has 2 heteroatoms. The summed E-state index contributed by atoms with van der Waals surface area (Å²) in [4.78, 5) is 0. The first kappa shape index (κ1) is 13.2. The third kappa shape index (κ3) is 7.86. The zero-order chi connectivity index (χ0) is 9.23. The molecule has 0 aromatic carbocycles. The van der Waals surface area contributed by atoms with Gasteiger partial charge in [0.05, 0.1) is 0 Å². The van der Waals surface area contributed by atoms with E-state index in [2.05, 4.69) is 23.1 Å². The Morgan fingerprint density at radius 1 is 0.917 bits per heavy atom. The van der Waals surface area contributed by atoms with Crippen LogP contribution in [0.15, 0.2) is 0 Å². The first-order valence-corrected chi connectivity index (χ1v) is 12.3. The molecule has 0 heterocycles. The predicted octanol–water partition coefficient (Wildman–Crippen LogP) is 3.96. The van der Waals surface area contributed by atoms with Crippen LogP contribution in [-0.2, 0) is 0 Å². The SMILES string of the molecule is CCC[CH2][Sn]([CH2]CP)[CH2]CCC. The minimum atomic E-state index is -0.833. The Morgan fingerprint density at radius 3 is 1.75 bits per heavy atom. The van der Waals surface area contributed by atoms with Crippen molar-refractivity contribution in [1.29, 1.82) is 0 Å². The van der Waals surface area contributed by atoms with Gasteiger partial charge >= 0.3 is 88.0 Å². The molecule has 1 unspecified atom stereocenters. The molecular formula is C10H24PSn. The van der Waals surface area contributed by atoms with Crippen LogP contribution in [0.5, 0.6) is 0 Å². The molecule has 73 valence electrons. The molecular weight excluding hydrogens is 270 g/mol. The zero-order valence-corrected chi connectivity index (χ0v) is 12.7. The average molecular weight is 294 g/mol. The molecule has 0 amide bonds. The number of rotatable bonds is 8. The van der Waals surface area contributed by atoms with E-state index in [9.17, 15) is 0 Å². The zero-order valence-electron chi connectivity index (χ0n) is 8.73. The quantitative estimate of drug-likeness (QED) is 0.469. The monoisotopic (exact) mass is 295 g/mol. The fraction of sp³-hybridized carbons (Fsp3) is 1.00. The summed E-state index contributed by atoms with van der Waals surface area (Å²) >= 11 is -0.833. The van der Waals surface area contributed by atoms with Gasteiger partial charge in [-0.2, -0.15) is 0 Å². The van der Waals surface area contributed by atoms with Crippen molar-refractivity contribution in [2.24, 2.45) is 0 Å². The van der Waals surface area contributed by atoms with Gasteiger partial charge in [-0.15, -0.1) is 0 Å². The van der Waals surface area contributed by atoms with Crippen LogP contribution in [0.4, 0.5) is 0 Å². The predicted molar refractivity (Wildman–Crippen MR) is 64.6 cm³/mol. The molecule has 0 aliphatic carbocycles. The fourth-order valence-electron chi connectivity index (χ4n) is 1.43. The van der Waals surface area contributed by atoms with Crippen LogP contribution in [0.1, 0.15) is 39.5 Å². The molecule has 0 aromatic heterocycles. The van der Waals surface area contributed by atoms with Crippen LogP contribution in [0, 0.1) is 0 Å². The van der Waals surface area contributed by atoms with Crippen LogP contribution >= 0.6 is 9.24 Å². The van der Waals surface area contributed by atoms with Crippen LogP contribution in [-0.4, -0.2) is 25.9 Å². The Bertz CT molecular complexity index is 77.9. The van der Waals surface area contributed by atoms with Crippen LogP contribution in [0.3, 0.4) is 0 Å². The van der Waals surface area contributed by atoms with Gasteiger partial charge in [0.15, 0.2) is 0 Å². The summed E-state index contributed by atoms with van der Waals surface area (Å²) in [5, 5.41) is 0. The number of hydrogen-bond donors (Lipinski definition) is 0. The van der Waals surface area contributed by atoms with Crippen LogP contribution in [0.25, 0.3) is 0 Å². The van der Waals surface area contributed by atoms with Crippen molar-refractivity contribution in [2.75, 3.05) is 6.16 Å². The van der Waals surface area contributed by atoms with Crippen molar-refractivity contribution in [2.45, 2.75) is 52.8 Å². The van der Waals surface area contributed by atoms with E-state index >= 15 is 0 Å². The molecule has 0 rings (SSSR count). The summed E-state index contributed by atoms with van der Waals surface area (Å²) in [5.74, 6) is 0. The van der Waals surface area contributed by atoms with E-state index in [-0.39, 0.29) is 0 Å². The average Bonchev–Trinajstić information content (AvgIpc) is 2.10. The van der Waals surface area contributed by atoms with Gasteiger partial charge in [0, 0.05) is 0 Å². The van der Waals surface area contributed by atoms with Gasteiger partial charge in [0.2, 0.25) is 0 Å². The molecule has 0 spiro atoms. The van der Waals surface area contributed by atoms with Gasteiger partial charge in [-0.25, -0.2) is 0 Å². The second-order valence-electron chi connectivity index (χ2n) is 3.50.